The molecule has 0 saturated carbocycles. The number of aromatic hydroxyl groups is 2. The lowest BCUT2D eigenvalue weighted by molar-refractivity contribution is -0.151. The zero-order valence-electron chi connectivity index (χ0n) is 24.5. The van der Waals surface area contributed by atoms with Gasteiger partial charge in [0.15, 0.2) is 5.60 Å². The number of benzene rings is 2. The molecule has 0 fully saturated rings. The second-order valence-corrected chi connectivity index (χ2v) is 12.5. The maximum absolute atomic E-state index is 13.0. The van der Waals surface area contributed by atoms with E-state index >= 15 is 0 Å². The van der Waals surface area contributed by atoms with E-state index in [2.05, 4.69) is 55.0 Å². The van der Waals surface area contributed by atoms with Gasteiger partial charge in [0.05, 0.1) is 0 Å². The molecule has 0 atom stereocenters. The van der Waals surface area contributed by atoms with Gasteiger partial charge < -0.3 is 14.9 Å². The highest BCUT2D eigenvalue weighted by molar-refractivity contribution is 5.82. The number of carbonyl (C=O) groups excluding carboxylic acids is 1. The Morgan fingerprint density at radius 2 is 1.19 bits per heavy atom. The Morgan fingerprint density at radius 3 is 1.57 bits per heavy atom. The zero-order valence-corrected chi connectivity index (χ0v) is 24.5. The first-order valence-corrected chi connectivity index (χ1v) is 13.6. The molecule has 0 unspecified atom stereocenters. The van der Waals surface area contributed by atoms with E-state index in [4.69, 9.17) is 4.74 Å². The number of rotatable bonds is 10. The molecule has 2 N–H and O–H groups in total. The summed E-state index contributed by atoms with van der Waals surface area (Å²) in [5.74, 6) is -0.395. The number of hydrogen-bond acceptors (Lipinski definition) is 4. The van der Waals surface area contributed by atoms with Gasteiger partial charge in [0.1, 0.15) is 11.5 Å². The molecule has 0 amide bonds. The van der Waals surface area contributed by atoms with Crippen LogP contribution < -0.4 is 0 Å². The molecular formula is C33H48O4. The molecule has 204 valence electrons. The van der Waals surface area contributed by atoms with Gasteiger partial charge in [-0.25, -0.2) is 4.79 Å². The van der Waals surface area contributed by atoms with Crippen molar-refractivity contribution >= 4 is 5.97 Å². The quantitative estimate of drug-likeness (QED) is 0.191. The molecule has 0 aromatic heterocycles. The largest absolute Gasteiger partial charge is 0.507 e. The number of aryl methyl sites for hydroxylation is 2. The minimum atomic E-state index is -1.39. The minimum absolute atomic E-state index is 0.0988. The summed E-state index contributed by atoms with van der Waals surface area (Å²) in [4.78, 5) is 13.0. The van der Waals surface area contributed by atoms with E-state index in [1.54, 1.807) is 0 Å². The smallest absolute Gasteiger partial charge is 0.331 e. The van der Waals surface area contributed by atoms with Crippen LogP contribution in [0.2, 0.25) is 0 Å². The monoisotopic (exact) mass is 508 g/mol. The summed E-state index contributed by atoms with van der Waals surface area (Å²) in [6.07, 6.45) is 6.63. The predicted octanol–water partition coefficient (Wildman–Crippen LogP) is 8.64. The number of esters is 1. The summed E-state index contributed by atoms with van der Waals surface area (Å²) >= 11 is 0. The minimum Gasteiger partial charge on any atom is -0.507 e. The van der Waals surface area contributed by atoms with E-state index in [0.29, 0.717) is 17.5 Å². The van der Waals surface area contributed by atoms with Crippen molar-refractivity contribution < 1.29 is 19.7 Å². The van der Waals surface area contributed by atoms with E-state index < -0.39 is 11.6 Å². The van der Waals surface area contributed by atoms with Crippen LogP contribution in [-0.2, 0) is 26.0 Å². The van der Waals surface area contributed by atoms with Gasteiger partial charge in [-0.3, -0.25) is 0 Å². The van der Waals surface area contributed by atoms with Crippen molar-refractivity contribution in [1.82, 2.24) is 0 Å². The fourth-order valence-electron chi connectivity index (χ4n) is 5.08. The Morgan fingerprint density at radius 1 is 0.784 bits per heavy atom. The van der Waals surface area contributed by atoms with Gasteiger partial charge in [-0.1, -0.05) is 104 Å². The highest BCUT2D eigenvalue weighted by atomic mass is 16.6. The molecule has 0 radical (unpaired) electrons. The van der Waals surface area contributed by atoms with Crippen molar-refractivity contribution in [3.8, 4) is 11.5 Å². The Kier molecular flexibility index (Phi) is 9.68. The lowest BCUT2D eigenvalue weighted by atomic mass is 9.74. The van der Waals surface area contributed by atoms with Crippen LogP contribution in [0.1, 0.15) is 120 Å². The van der Waals surface area contributed by atoms with Gasteiger partial charge in [-0.15, -0.1) is 0 Å². The van der Waals surface area contributed by atoms with Crippen molar-refractivity contribution in [3.05, 3.63) is 70.3 Å². The third-order valence-electron chi connectivity index (χ3n) is 7.07. The third-order valence-corrected chi connectivity index (χ3v) is 7.07. The van der Waals surface area contributed by atoms with E-state index in [-0.39, 0.29) is 22.3 Å². The molecule has 2 aromatic rings. The molecule has 0 aliphatic rings. The molecular weight excluding hydrogens is 460 g/mol. The fraction of sp³-hybridized carbons (Fsp3) is 0.545. The molecule has 4 heteroatoms. The molecule has 0 bridgehead atoms. The standard InChI is InChI=1S/C33H48O4/c1-11-13-14-15-16-17-33(37-28(34)12-2,26-20-22(3)18-24(29(26)35)31(5,6)7)27-21-23(4)19-25(30(27)36)32(8,9)10/h12,18-21,35-36H,2,11,13-17H2,1,3-10H3. The molecule has 0 spiro atoms. The highest BCUT2D eigenvalue weighted by Crippen LogP contribution is 2.51. The van der Waals surface area contributed by atoms with Crippen LogP contribution in [0, 0.1) is 13.8 Å². The highest BCUT2D eigenvalue weighted by Gasteiger charge is 2.44. The number of phenolic OH excluding ortho intramolecular Hbond substituents is 2. The van der Waals surface area contributed by atoms with Crippen LogP contribution in [-0.4, -0.2) is 16.2 Å². The molecule has 0 aliphatic carbocycles. The van der Waals surface area contributed by atoms with Crippen LogP contribution in [0.3, 0.4) is 0 Å². The van der Waals surface area contributed by atoms with Crippen molar-refractivity contribution in [2.45, 2.75) is 117 Å². The number of carbonyl (C=O) groups is 1. The number of ether oxygens (including phenoxy) is 1. The summed E-state index contributed by atoms with van der Waals surface area (Å²) in [5.41, 5.74) is 2.39. The molecule has 37 heavy (non-hydrogen) atoms. The zero-order chi connectivity index (χ0) is 28.2. The number of phenols is 2. The van der Waals surface area contributed by atoms with Gasteiger partial charge in [0, 0.05) is 17.2 Å². The first kappa shape index (κ1) is 30.5. The molecule has 0 aliphatic heterocycles. The first-order chi connectivity index (χ1) is 17.1. The first-order valence-electron chi connectivity index (χ1n) is 13.6. The van der Waals surface area contributed by atoms with Crippen LogP contribution in [0.25, 0.3) is 0 Å². The Balaban J connectivity index is 3.01. The second kappa shape index (κ2) is 11.8. The molecule has 0 saturated heterocycles. The van der Waals surface area contributed by atoms with Gasteiger partial charge in [0.2, 0.25) is 0 Å². The summed E-state index contributed by atoms with van der Waals surface area (Å²) in [5, 5.41) is 23.5. The lowest BCUT2D eigenvalue weighted by Gasteiger charge is -2.38. The Bertz CT molecular complexity index is 1040. The predicted molar refractivity (Wildman–Crippen MR) is 154 cm³/mol. The van der Waals surface area contributed by atoms with E-state index in [0.717, 1.165) is 60.4 Å². The SMILES string of the molecule is C=CC(=O)OC(CCCCCCC)(c1cc(C)cc(C(C)(C)C)c1O)c1cc(C)cc(C(C)(C)C)c1O. The van der Waals surface area contributed by atoms with Gasteiger partial charge in [0.25, 0.3) is 0 Å². The average molecular weight is 509 g/mol. The lowest BCUT2D eigenvalue weighted by Crippen LogP contribution is -2.35. The van der Waals surface area contributed by atoms with E-state index in [9.17, 15) is 15.0 Å². The van der Waals surface area contributed by atoms with Crippen LogP contribution in [0.5, 0.6) is 11.5 Å². The molecule has 0 heterocycles. The van der Waals surface area contributed by atoms with Crippen molar-refractivity contribution in [2.24, 2.45) is 0 Å². The normalized spacial score (nSPS) is 12.5. The number of hydrogen-bond donors (Lipinski definition) is 2. The van der Waals surface area contributed by atoms with Crippen LogP contribution in [0.4, 0.5) is 0 Å². The van der Waals surface area contributed by atoms with Crippen LogP contribution in [0.15, 0.2) is 36.9 Å². The van der Waals surface area contributed by atoms with E-state index in [1.165, 1.54) is 0 Å². The van der Waals surface area contributed by atoms with Crippen molar-refractivity contribution in [3.63, 3.8) is 0 Å². The second-order valence-electron chi connectivity index (χ2n) is 12.5. The Labute approximate surface area is 224 Å². The fourth-order valence-corrected chi connectivity index (χ4v) is 5.08. The molecule has 4 nitrogen and oxygen atoms in total. The summed E-state index contributed by atoms with van der Waals surface area (Å²) in [6.45, 7) is 22.1. The third kappa shape index (κ3) is 6.97. The maximum atomic E-state index is 13.0. The maximum Gasteiger partial charge on any atom is 0.331 e. The van der Waals surface area contributed by atoms with Gasteiger partial charge in [-0.2, -0.15) is 0 Å². The molecule has 2 rings (SSSR count). The van der Waals surface area contributed by atoms with E-state index in [1.807, 2.05) is 38.1 Å². The van der Waals surface area contributed by atoms with Crippen molar-refractivity contribution in [2.75, 3.05) is 0 Å². The van der Waals surface area contributed by atoms with Crippen molar-refractivity contribution in [1.29, 1.82) is 0 Å². The number of unbranched alkanes of at least 4 members (excludes halogenated alkanes) is 4. The van der Waals surface area contributed by atoms with Gasteiger partial charge >= 0.3 is 5.97 Å². The summed E-state index contributed by atoms with van der Waals surface area (Å²) < 4.78 is 6.30. The van der Waals surface area contributed by atoms with Gasteiger partial charge in [-0.05, 0) is 60.8 Å². The average Bonchev–Trinajstić information content (AvgIpc) is 2.79. The Hall–Kier alpha value is -2.75. The molecule has 2 aromatic carbocycles. The van der Waals surface area contributed by atoms with Crippen LogP contribution >= 0.6 is 0 Å². The summed E-state index contributed by atoms with van der Waals surface area (Å²) in [6, 6.07) is 7.75. The summed E-state index contributed by atoms with van der Waals surface area (Å²) in [7, 11) is 0. The topological polar surface area (TPSA) is 66.8 Å².